The quantitative estimate of drug-likeness (QED) is 0.469. The molecule has 1 saturated carbocycles. The highest BCUT2D eigenvalue weighted by molar-refractivity contribution is 4.92. The van der Waals surface area contributed by atoms with E-state index in [0.717, 1.165) is 12.8 Å². The molecule has 1 aliphatic rings. The molecule has 0 aliphatic heterocycles. The van der Waals surface area contributed by atoms with Crippen LogP contribution in [0.15, 0.2) is 0 Å². The highest BCUT2D eigenvalue weighted by Gasteiger charge is 2.43. The summed E-state index contributed by atoms with van der Waals surface area (Å²) < 4.78 is 0. The minimum atomic E-state index is -0.767. The summed E-state index contributed by atoms with van der Waals surface area (Å²) in [5.41, 5.74) is -0.767. The predicted octanol–water partition coefficient (Wildman–Crippen LogP) is 1.66. The molecule has 0 radical (unpaired) electrons. The van der Waals surface area contributed by atoms with E-state index in [1.165, 1.54) is 0 Å². The van der Waals surface area contributed by atoms with Gasteiger partial charge in [-0.15, -0.1) is 0 Å². The highest BCUT2D eigenvalue weighted by atomic mass is 17.1. The molecule has 3 heteroatoms. The Balaban J connectivity index is 2.72. The van der Waals surface area contributed by atoms with Crippen molar-refractivity contribution in [2.45, 2.75) is 45.3 Å². The molecule has 0 saturated heterocycles. The minimum absolute atomic E-state index is 0.200. The largest absolute Gasteiger partial charge is 0.390 e. The number of aliphatic hydroxyl groups is 1. The summed E-state index contributed by atoms with van der Waals surface area (Å²) in [6.07, 6.45) is 1.16. The van der Waals surface area contributed by atoms with Crippen LogP contribution < -0.4 is 0 Å². The molecule has 0 aromatic rings. The van der Waals surface area contributed by atoms with Crippen LogP contribution in [0.4, 0.5) is 0 Å². The van der Waals surface area contributed by atoms with Gasteiger partial charge in [-0.3, -0.25) is 5.26 Å². The van der Waals surface area contributed by atoms with E-state index in [0.29, 0.717) is 5.92 Å². The van der Waals surface area contributed by atoms with Crippen molar-refractivity contribution in [2.24, 2.45) is 11.8 Å². The zero-order valence-electron chi connectivity index (χ0n) is 7.95. The Morgan fingerprint density at radius 1 is 1.42 bits per heavy atom. The monoisotopic (exact) mass is 174 g/mol. The predicted molar refractivity (Wildman–Crippen MR) is 45.7 cm³/mol. The van der Waals surface area contributed by atoms with Gasteiger partial charge in [0.25, 0.3) is 0 Å². The maximum absolute atomic E-state index is 9.73. The van der Waals surface area contributed by atoms with Crippen LogP contribution in [0, 0.1) is 11.8 Å². The molecule has 12 heavy (non-hydrogen) atoms. The lowest BCUT2D eigenvalue weighted by molar-refractivity contribution is -0.353. The van der Waals surface area contributed by atoms with Crippen LogP contribution in [0.2, 0.25) is 0 Å². The van der Waals surface area contributed by atoms with Crippen molar-refractivity contribution in [1.82, 2.24) is 0 Å². The number of aliphatic hydroxyl groups excluding tert-OH is 1. The normalized spacial score (nSPS) is 49.2. The number of hydrogen-bond donors (Lipinski definition) is 2. The molecule has 3 nitrogen and oxygen atoms in total. The number of hydrogen-bond acceptors (Lipinski definition) is 3. The molecule has 0 spiro atoms. The fourth-order valence-corrected chi connectivity index (χ4v) is 2.35. The lowest BCUT2D eigenvalue weighted by Gasteiger charge is -2.42. The van der Waals surface area contributed by atoms with Crippen LogP contribution >= 0.6 is 0 Å². The molecule has 0 amide bonds. The van der Waals surface area contributed by atoms with Crippen molar-refractivity contribution in [3.8, 4) is 0 Å². The van der Waals surface area contributed by atoms with E-state index in [1.54, 1.807) is 6.92 Å². The van der Waals surface area contributed by atoms with E-state index >= 15 is 0 Å². The summed E-state index contributed by atoms with van der Waals surface area (Å²) in [5.74, 6) is 0.700. The van der Waals surface area contributed by atoms with Crippen molar-refractivity contribution in [3.63, 3.8) is 0 Å². The van der Waals surface area contributed by atoms with Gasteiger partial charge in [-0.05, 0) is 31.6 Å². The van der Waals surface area contributed by atoms with E-state index in [1.807, 2.05) is 6.92 Å². The van der Waals surface area contributed by atoms with Crippen molar-refractivity contribution >= 4 is 0 Å². The Hall–Kier alpha value is -0.120. The lowest BCUT2D eigenvalue weighted by Crippen LogP contribution is -2.50. The van der Waals surface area contributed by atoms with Crippen molar-refractivity contribution < 1.29 is 15.3 Å². The molecule has 0 aromatic carbocycles. The first kappa shape index (κ1) is 9.96. The Morgan fingerprint density at radius 3 is 2.50 bits per heavy atom. The molecule has 4 atom stereocenters. The van der Waals surface area contributed by atoms with Gasteiger partial charge in [0.15, 0.2) is 0 Å². The third-order valence-electron chi connectivity index (χ3n) is 2.90. The van der Waals surface area contributed by atoms with E-state index in [9.17, 15) is 5.11 Å². The van der Waals surface area contributed by atoms with E-state index in [4.69, 9.17) is 5.26 Å². The zero-order chi connectivity index (χ0) is 9.35. The molecule has 0 bridgehead atoms. The maximum Gasteiger partial charge on any atom is 0.127 e. The van der Waals surface area contributed by atoms with Crippen molar-refractivity contribution in [1.29, 1.82) is 0 Å². The molecule has 0 heterocycles. The first-order valence-electron chi connectivity index (χ1n) is 4.50. The summed E-state index contributed by atoms with van der Waals surface area (Å²) in [6.45, 7) is 5.85. The molecular formula is C9H18O3. The van der Waals surface area contributed by atoms with E-state index in [2.05, 4.69) is 11.8 Å². The van der Waals surface area contributed by atoms with Gasteiger partial charge in [-0.1, -0.05) is 13.8 Å². The third-order valence-corrected chi connectivity index (χ3v) is 2.90. The first-order chi connectivity index (χ1) is 5.49. The molecule has 72 valence electrons. The van der Waals surface area contributed by atoms with Gasteiger partial charge in [0.05, 0.1) is 6.10 Å². The first-order valence-corrected chi connectivity index (χ1v) is 4.50. The summed E-state index contributed by atoms with van der Waals surface area (Å²) in [4.78, 5) is 4.38. The van der Waals surface area contributed by atoms with Crippen LogP contribution in [0.1, 0.15) is 33.6 Å². The van der Waals surface area contributed by atoms with Crippen LogP contribution in [-0.2, 0) is 4.89 Å². The van der Waals surface area contributed by atoms with E-state index in [-0.39, 0.29) is 5.92 Å². The fraction of sp³-hybridized carbons (Fsp3) is 1.00. The Labute approximate surface area is 73.3 Å². The average molecular weight is 174 g/mol. The fourth-order valence-electron chi connectivity index (χ4n) is 2.35. The Bertz CT molecular complexity index is 160. The average Bonchev–Trinajstić information content (AvgIpc) is 2.00. The second kappa shape index (κ2) is 3.32. The summed E-state index contributed by atoms with van der Waals surface area (Å²) in [6, 6.07) is 0. The maximum atomic E-state index is 9.73. The van der Waals surface area contributed by atoms with Crippen LogP contribution in [0.25, 0.3) is 0 Å². The van der Waals surface area contributed by atoms with Gasteiger partial charge < -0.3 is 5.11 Å². The molecule has 0 aromatic heterocycles. The molecule has 2 N–H and O–H groups in total. The third kappa shape index (κ3) is 1.63. The van der Waals surface area contributed by atoms with Crippen LogP contribution in [0.3, 0.4) is 0 Å². The van der Waals surface area contributed by atoms with Gasteiger partial charge in [-0.25, -0.2) is 4.89 Å². The van der Waals surface area contributed by atoms with Crippen molar-refractivity contribution in [3.05, 3.63) is 0 Å². The van der Waals surface area contributed by atoms with Crippen LogP contribution in [-0.4, -0.2) is 22.1 Å². The SMILES string of the molecule is CC1CC(C)C(O)C(C)(OO)C1. The molecule has 1 rings (SSSR count). The summed E-state index contributed by atoms with van der Waals surface area (Å²) in [5, 5.41) is 18.4. The second-order valence-corrected chi connectivity index (χ2v) is 4.37. The van der Waals surface area contributed by atoms with Crippen LogP contribution in [0.5, 0.6) is 0 Å². The molecular weight excluding hydrogens is 156 g/mol. The topological polar surface area (TPSA) is 49.7 Å². The molecule has 1 fully saturated rings. The summed E-state index contributed by atoms with van der Waals surface area (Å²) in [7, 11) is 0. The summed E-state index contributed by atoms with van der Waals surface area (Å²) >= 11 is 0. The van der Waals surface area contributed by atoms with Gasteiger partial charge in [0.1, 0.15) is 5.60 Å². The molecule has 1 aliphatic carbocycles. The standard InChI is InChI=1S/C9H18O3/c1-6-4-7(2)8(10)9(3,5-6)12-11/h6-8,10-11H,4-5H2,1-3H3. The minimum Gasteiger partial charge on any atom is -0.390 e. The lowest BCUT2D eigenvalue weighted by atomic mass is 9.72. The smallest absolute Gasteiger partial charge is 0.127 e. The van der Waals surface area contributed by atoms with Gasteiger partial charge in [0, 0.05) is 0 Å². The second-order valence-electron chi connectivity index (χ2n) is 4.37. The Kier molecular flexibility index (Phi) is 2.76. The van der Waals surface area contributed by atoms with Crippen molar-refractivity contribution in [2.75, 3.05) is 0 Å². The van der Waals surface area contributed by atoms with E-state index < -0.39 is 11.7 Å². The molecule has 4 unspecified atom stereocenters. The highest BCUT2D eigenvalue weighted by Crippen LogP contribution is 2.37. The Morgan fingerprint density at radius 2 is 2.00 bits per heavy atom. The zero-order valence-corrected chi connectivity index (χ0v) is 7.95. The van der Waals surface area contributed by atoms with Gasteiger partial charge in [0.2, 0.25) is 0 Å². The van der Waals surface area contributed by atoms with Gasteiger partial charge >= 0.3 is 0 Å². The van der Waals surface area contributed by atoms with Gasteiger partial charge in [-0.2, -0.15) is 0 Å². The number of rotatable bonds is 1.